The highest BCUT2D eigenvalue weighted by Crippen LogP contribution is 2.42. The van der Waals surface area contributed by atoms with Gasteiger partial charge in [-0.1, -0.05) is 109 Å². The molecule has 0 aromatic rings. The molecule has 3 N–H and O–H groups in total. The zero-order chi connectivity index (χ0) is 22.8. The Morgan fingerprint density at radius 2 is 1.29 bits per heavy atom. The van der Waals surface area contributed by atoms with Gasteiger partial charge in [0, 0.05) is 6.42 Å². The number of hydrogen-bond donors (Lipinski definition) is 3. The zero-order valence-electron chi connectivity index (χ0n) is 20.7. The van der Waals surface area contributed by atoms with Crippen molar-refractivity contribution in [3.05, 3.63) is 11.1 Å². The van der Waals surface area contributed by atoms with E-state index in [2.05, 4.69) is 19.2 Å². The third-order valence-corrected chi connectivity index (χ3v) is 6.68. The first kappa shape index (κ1) is 28.2. The third kappa shape index (κ3) is 13.3. The van der Waals surface area contributed by atoms with Crippen molar-refractivity contribution in [3.8, 4) is 0 Å². The molecule has 1 unspecified atom stereocenters. The number of rotatable bonds is 22. The van der Waals surface area contributed by atoms with E-state index in [4.69, 9.17) is 0 Å². The summed E-state index contributed by atoms with van der Waals surface area (Å²) in [4.78, 5) is 12.0. The molecule has 1 amide bonds. The number of hydrogen-bond acceptors (Lipinski definition) is 3. The molecule has 0 radical (unpaired) electrons. The first-order chi connectivity index (χ1) is 15.1. The lowest BCUT2D eigenvalue weighted by Crippen LogP contribution is -2.45. The number of carbonyl (C=O) groups excluding carboxylic acids is 1. The Bertz CT molecular complexity index is 503. The average molecular weight is 438 g/mol. The largest absolute Gasteiger partial charge is 0.393 e. The van der Waals surface area contributed by atoms with Crippen molar-refractivity contribution in [2.24, 2.45) is 0 Å². The molecule has 0 heterocycles. The Morgan fingerprint density at radius 3 is 1.81 bits per heavy atom. The molecule has 182 valence electrons. The summed E-state index contributed by atoms with van der Waals surface area (Å²) in [5.74, 6) is -0.0171. The summed E-state index contributed by atoms with van der Waals surface area (Å²) in [5.41, 5.74) is 0.997. The van der Waals surface area contributed by atoms with E-state index in [1.165, 1.54) is 95.5 Å². The van der Waals surface area contributed by atoms with Crippen molar-refractivity contribution >= 4 is 5.91 Å². The third-order valence-electron chi connectivity index (χ3n) is 6.68. The summed E-state index contributed by atoms with van der Waals surface area (Å²) in [7, 11) is 0. The maximum atomic E-state index is 12.0. The molecule has 4 nitrogen and oxygen atoms in total. The Hall–Kier alpha value is -0.870. The van der Waals surface area contributed by atoms with Crippen molar-refractivity contribution < 1.29 is 15.0 Å². The standard InChI is InChI=1S/C27H51NO3/c1-3-5-7-9-10-11-12-13-14-16-17-19-24-21-25(24)27(31,23-29)22-28-26(30)20-18-15-8-6-4-2/h29,31H,3-23H2,1-2H3,(H,28,30). The van der Waals surface area contributed by atoms with Crippen LogP contribution in [0.15, 0.2) is 11.1 Å². The van der Waals surface area contributed by atoms with Gasteiger partial charge in [-0.15, -0.1) is 0 Å². The maximum Gasteiger partial charge on any atom is 0.220 e. The van der Waals surface area contributed by atoms with E-state index in [-0.39, 0.29) is 19.1 Å². The van der Waals surface area contributed by atoms with E-state index >= 15 is 0 Å². The summed E-state index contributed by atoms with van der Waals surface area (Å²) in [6, 6.07) is 0. The molecule has 0 saturated carbocycles. The molecular weight excluding hydrogens is 386 g/mol. The minimum absolute atomic E-state index is 0.0171. The van der Waals surface area contributed by atoms with Gasteiger partial charge in [-0.05, 0) is 31.3 Å². The minimum Gasteiger partial charge on any atom is -0.393 e. The highest BCUT2D eigenvalue weighted by molar-refractivity contribution is 5.76. The predicted octanol–water partition coefficient (Wildman–Crippen LogP) is 6.59. The van der Waals surface area contributed by atoms with Crippen LogP contribution in [0.5, 0.6) is 0 Å². The minimum atomic E-state index is -1.26. The Morgan fingerprint density at radius 1 is 0.806 bits per heavy atom. The van der Waals surface area contributed by atoms with Crippen LogP contribution >= 0.6 is 0 Å². The van der Waals surface area contributed by atoms with Crippen LogP contribution in [-0.2, 0) is 4.79 Å². The second-order valence-electron chi connectivity index (χ2n) is 9.68. The second kappa shape index (κ2) is 17.7. The Labute approximate surface area is 192 Å². The van der Waals surface area contributed by atoms with Crippen molar-refractivity contribution in [1.82, 2.24) is 5.32 Å². The number of aliphatic hydroxyl groups excluding tert-OH is 1. The van der Waals surface area contributed by atoms with Crippen LogP contribution in [0, 0.1) is 0 Å². The highest BCUT2D eigenvalue weighted by Gasteiger charge is 2.40. The molecule has 1 rings (SSSR count). The number of unbranched alkanes of at least 4 members (excludes halogenated alkanes) is 14. The molecule has 0 aliphatic heterocycles. The van der Waals surface area contributed by atoms with Crippen LogP contribution < -0.4 is 5.32 Å². The number of nitrogens with one attached hydrogen (secondary N) is 1. The van der Waals surface area contributed by atoms with E-state index in [0.29, 0.717) is 6.42 Å². The molecule has 1 aliphatic carbocycles. The van der Waals surface area contributed by atoms with Gasteiger partial charge in [-0.3, -0.25) is 4.79 Å². The topological polar surface area (TPSA) is 69.6 Å². The zero-order valence-corrected chi connectivity index (χ0v) is 20.7. The van der Waals surface area contributed by atoms with Gasteiger partial charge in [0.25, 0.3) is 0 Å². The monoisotopic (exact) mass is 437 g/mol. The molecule has 0 aromatic carbocycles. The average Bonchev–Trinajstić information content (AvgIpc) is 3.56. The lowest BCUT2D eigenvalue weighted by Gasteiger charge is -2.24. The van der Waals surface area contributed by atoms with Gasteiger partial charge < -0.3 is 15.5 Å². The Balaban J connectivity index is 2.10. The second-order valence-corrected chi connectivity index (χ2v) is 9.68. The molecule has 0 saturated heterocycles. The van der Waals surface area contributed by atoms with E-state index in [0.717, 1.165) is 31.3 Å². The van der Waals surface area contributed by atoms with Crippen LogP contribution in [0.3, 0.4) is 0 Å². The fourth-order valence-electron chi connectivity index (χ4n) is 4.38. The van der Waals surface area contributed by atoms with Crippen LogP contribution in [0.25, 0.3) is 0 Å². The molecule has 4 heteroatoms. The van der Waals surface area contributed by atoms with Crippen LogP contribution in [0.2, 0.25) is 0 Å². The molecule has 0 spiro atoms. The predicted molar refractivity (Wildman–Crippen MR) is 131 cm³/mol. The molecule has 0 bridgehead atoms. The first-order valence-electron chi connectivity index (χ1n) is 13.4. The van der Waals surface area contributed by atoms with E-state index < -0.39 is 5.60 Å². The first-order valence-corrected chi connectivity index (χ1v) is 13.4. The van der Waals surface area contributed by atoms with Gasteiger partial charge in [-0.2, -0.15) is 0 Å². The smallest absolute Gasteiger partial charge is 0.220 e. The van der Waals surface area contributed by atoms with Crippen LogP contribution in [-0.4, -0.2) is 34.9 Å². The number of aliphatic hydroxyl groups is 2. The lowest BCUT2D eigenvalue weighted by molar-refractivity contribution is -0.122. The number of allylic oxidation sites excluding steroid dienone is 1. The van der Waals surface area contributed by atoms with Crippen molar-refractivity contribution in [1.29, 1.82) is 0 Å². The normalized spacial score (nSPS) is 15.2. The quantitative estimate of drug-likeness (QED) is 0.132. The summed E-state index contributed by atoms with van der Waals surface area (Å²) in [5, 5.41) is 23.3. The van der Waals surface area contributed by atoms with Gasteiger partial charge in [0.1, 0.15) is 5.60 Å². The van der Waals surface area contributed by atoms with Gasteiger partial charge in [-0.25, -0.2) is 0 Å². The van der Waals surface area contributed by atoms with Crippen LogP contribution in [0.4, 0.5) is 0 Å². The molecule has 31 heavy (non-hydrogen) atoms. The lowest BCUT2D eigenvalue weighted by atomic mass is 10.0. The van der Waals surface area contributed by atoms with E-state index in [1.54, 1.807) is 0 Å². The fourth-order valence-corrected chi connectivity index (χ4v) is 4.38. The summed E-state index contributed by atoms with van der Waals surface area (Å²) >= 11 is 0. The van der Waals surface area contributed by atoms with Crippen molar-refractivity contribution in [3.63, 3.8) is 0 Å². The maximum absolute atomic E-state index is 12.0. The van der Waals surface area contributed by atoms with Gasteiger partial charge in [0.15, 0.2) is 0 Å². The number of amides is 1. The van der Waals surface area contributed by atoms with Crippen molar-refractivity contribution in [2.75, 3.05) is 13.2 Å². The summed E-state index contributed by atoms with van der Waals surface area (Å²) in [6.07, 6.45) is 22.6. The van der Waals surface area contributed by atoms with Gasteiger partial charge >= 0.3 is 0 Å². The van der Waals surface area contributed by atoms with E-state index in [1.807, 2.05) is 0 Å². The SMILES string of the molecule is CCCCCCCCCCCCCC1=C(C(O)(CO)CNC(=O)CCCCCCC)C1. The summed E-state index contributed by atoms with van der Waals surface area (Å²) < 4.78 is 0. The van der Waals surface area contributed by atoms with Gasteiger partial charge in [0.05, 0.1) is 13.2 Å². The molecule has 0 fully saturated rings. The van der Waals surface area contributed by atoms with Crippen LogP contribution in [0.1, 0.15) is 136 Å². The highest BCUT2D eigenvalue weighted by atomic mass is 16.3. The molecule has 1 aliphatic rings. The number of carbonyl (C=O) groups is 1. The van der Waals surface area contributed by atoms with Gasteiger partial charge in [0.2, 0.25) is 5.91 Å². The molecular formula is C27H51NO3. The molecule has 1 atom stereocenters. The molecule has 0 aromatic heterocycles. The van der Waals surface area contributed by atoms with Crippen molar-refractivity contribution in [2.45, 2.75) is 141 Å². The Kier molecular flexibility index (Phi) is 16.0. The summed E-state index contributed by atoms with van der Waals surface area (Å²) in [6.45, 7) is 4.26. The fraction of sp³-hybridized carbons (Fsp3) is 0.889. The van der Waals surface area contributed by atoms with E-state index in [9.17, 15) is 15.0 Å².